The first-order valence-corrected chi connectivity index (χ1v) is 10.6. The number of carbonyl (C=O) groups is 2. The molecule has 2 amide bonds. The van der Waals surface area contributed by atoms with E-state index in [1.54, 1.807) is 6.92 Å². The van der Waals surface area contributed by atoms with E-state index < -0.39 is 40.5 Å². The van der Waals surface area contributed by atoms with Crippen LogP contribution in [0.4, 0.5) is 13.6 Å². The van der Waals surface area contributed by atoms with E-state index in [-0.39, 0.29) is 29.2 Å². The SMILES string of the molecule is COC(=O)C1=C(C)N([C@@H]2CCS(=O)(=O)C2)C(=O)N[C@H]1c1ccc(OC(F)F)cc1. The molecule has 1 fully saturated rings. The van der Waals surface area contributed by atoms with Crippen molar-refractivity contribution in [2.24, 2.45) is 0 Å². The molecule has 158 valence electrons. The van der Waals surface area contributed by atoms with E-state index in [9.17, 15) is 26.8 Å². The lowest BCUT2D eigenvalue weighted by atomic mass is 9.94. The first kappa shape index (κ1) is 21.0. The summed E-state index contributed by atoms with van der Waals surface area (Å²) in [6.07, 6.45) is 0.270. The second-order valence-corrected chi connectivity index (χ2v) is 8.98. The van der Waals surface area contributed by atoms with Crippen LogP contribution in [0.3, 0.4) is 0 Å². The molecule has 2 atom stereocenters. The van der Waals surface area contributed by atoms with E-state index in [0.29, 0.717) is 11.3 Å². The van der Waals surface area contributed by atoms with E-state index in [4.69, 9.17) is 4.74 Å². The topological polar surface area (TPSA) is 102 Å². The van der Waals surface area contributed by atoms with E-state index in [1.165, 1.54) is 36.3 Å². The van der Waals surface area contributed by atoms with Crippen LogP contribution >= 0.6 is 0 Å². The Kier molecular flexibility index (Phi) is 5.78. The summed E-state index contributed by atoms with van der Waals surface area (Å²) >= 11 is 0. The molecule has 0 aromatic heterocycles. The van der Waals surface area contributed by atoms with Crippen molar-refractivity contribution in [3.05, 3.63) is 41.1 Å². The van der Waals surface area contributed by atoms with Crippen LogP contribution in [-0.2, 0) is 19.4 Å². The normalized spacial score (nSPS) is 23.9. The largest absolute Gasteiger partial charge is 0.466 e. The lowest BCUT2D eigenvalue weighted by Gasteiger charge is -2.38. The van der Waals surface area contributed by atoms with Crippen molar-refractivity contribution in [1.82, 2.24) is 10.2 Å². The number of nitrogens with one attached hydrogen (secondary N) is 1. The molecule has 2 aliphatic heterocycles. The predicted octanol–water partition coefficient (Wildman–Crippen LogP) is 1.99. The van der Waals surface area contributed by atoms with Gasteiger partial charge in [0, 0.05) is 5.70 Å². The smallest absolute Gasteiger partial charge is 0.387 e. The number of methoxy groups -OCH3 is 1. The van der Waals surface area contributed by atoms with E-state index in [0.717, 1.165) is 0 Å². The Morgan fingerprint density at radius 2 is 1.93 bits per heavy atom. The number of nitrogens with zero attached hydrogens (tertiary/aromatic N) is 1. The molecule has 11 heteroatoms. The summed E-state index contributed by atoms with van der Waals surface area (Å²) < 4.78 is 57.5. The van der Waals surface area contributed by atoms with Crippen molar-refractivity contribution >= 4 is 21.8 Å². The number of esters is 1. The third kappa shape index (κ3) is 4.34. The quantitative estimate of drug-likeness (QED) is 0.717. The second kappa shape index (κ2) is 7.97. The molecular formula is C18H20F2N2O6S. The van der Waals surface area contributed by atoms with Crippen molar-refractivity contribution in [2.45, 2.75) is 32.0 Å². The van der Waals surface area contributed by atoms with Crippen LogP contribution in [0.5, 0.6) is 5.75 Å². The molecule has 3 rings (SSSR count). The van der Waals surface area contributed by atoms with Crippen molar-refractivity contribution in [1.29, 1.82) is 0 Å². The maximum atomic E-state index is 12.8. The number of alkyl halides is 2. The molecule has 1 saturated heterocycles. The molecule has 0 aliphatic carbocycles. The van der Waals surface area contributed by atoms with Crippen molar-refractivity contribution in [3.63, 3.8) is 0 Å². The number of rotatable bonds is 5. The number of amides is 2. The van der Waals surface area contributed by atoms with Crippen LogP contribution in [-0.4, -0.2) is 56.6 Å². The number of allylic oxidation sites excluding steroid dienone is 1. The Labute approximate surface area is 166 Å². The van der Waals surface area contributed by atoms with Gasteiger partial charge in [-0.2, -0.15) is 8.78 Å². The Balaban J connectivity index is 1.98. The number of ether oxygens (including phenoxy) is 2. The van der Waals surface area contributed by atoms with Gasteiger partial charge < -0.3 is 14.8 Å². The highest BCUT2D eigenvalue weighted by Gasteiger charge is 2.42. The molecule has 1 aromatic carbocycles. The molecule has 1 N–H and O–H groups in total. The zero-order valence-corrected chi connectivity index (χ0v) is 16.5. The molecule has 2 aliphatic rings. The molecule has 0 unspecified atom stereocenters. The van der Waals surface area contributed by atoms with Crippen LogP contribution in [0.2, 0.25) is 0 Å². The summed E-state index contributed by atoms with van der Waals surface area (Å²) in [7, 11) is -2.06. The minimum Gasteiger partial charge on any atom is -0.466 e. The lowest BCUT2D eigenvalue weighted by molar-refractivity contribution is -0.136. The fourth-order valence-electron chi connectivity index (χ4n) is 3.64. The van der Waals surface area contributed by atoms with Crippen molar-refractivity contribution < 1.29 is 36.3 Å². The molecule has 2 heterocycles. The zero-order valence-electron chi connectivity index (χ0n) is 15.7. The standard InChI is InChI=1S/C18H20F2N2O6S/c1-10-14(16(23)27-2)15(11-3-5-13(6-4-11)28-17(19)20)21-18(24)22(10)12-7-8-29(25,26)9-12/h3-6,12,15,17H,7-9H2,1-2H3,(H,21,24)/t12-,15+/m1/s1. The first-order chi connectivity index (χ1) is 13.6. The van der Waals surface area contributed by atoms with Gasteiger partial charge in [-0.3, -0.25) is 4.90 Å². The average Bonchev–Trinajstić information content (AvgIpc) is 3.00. The molecule has 0 radical (unpaired) electrons. The molecule has 29 heavy (non-hydrogen) atoms. The van der Waals surface area contributed by atoms with Gasteiger partial charge in [0.05, 0.1) is 36.3 Å². The van der Waals surface area contributed by atoms with Gasteiger partial charge in [0.15, 0.2) is 9.84 Å². The number of sulfone groups is 1. The van der Waals surface area contributed by atoms with E-state index in [1.807, 2.05) is 0 Å². The number of hydrogen-bond donors (Lipinski definition) is 1. The summed E-state index contributed by atoms with van der Waals surface area (Å²) in [6.45, 7) is -1.42. The van der Waals surface area contributed by atoms with Gasteiger partial charge in [-0.25, -0.2) is 18.0 Å². The summed E-state index contributed by atoms with van der Waals surface area (Å²) in [6, 6.07) is 3.49. The van der Waals surface area contributed by atoms with Gasteiger partial charge in [-0.15, -0.1) is 0 Å². The number of halogens is 2. The zero-order chi connectivity index (χ0) is 21.3. The van der Waals surface area contributed by atoms with E-state index >= 15 is 0 Å². The van der Waals surface area contributed by atoms with Gasteiger partial charge in [0.1, 0.15) is 5.75 Å². The third-order valence-electron chi connectivity index (χ3n) is 4.94. The Morgan fingerprint density at radius 1 is 1.28 bits per heavy atom. The fourth-order valence-corrected chi connectivity index (χ4v) is 5.34. The molecule has 0 bridgehead atoms. The highest BCUT2D eigenvalue weighted by Crippen LogP contribution is 2.34. The Morgan fingerprint density at radius 3 is 2.45 bits per heavy atom. The highest BCUT2D eigenvalue weighted by molar-refractivity contribution is 7.91. The molecule has 1 aromatic rings. The van der Waals surface area contributed by atoms with Gasteiger partial charge >= 0.3 is 18.6 Å². The molecule has 0 spiro atoms. The van der Waals surface area contributed by atoms with Crippen LogP contribution in [0.15, 0.2) is 35.5 Å². The average molecular weight is 430 g/mol. The van der Waals surface area contributed by atoms with Gasteiger partial charge in [0.25, 0.3) is 0 Å². The maximum absolute atomic E-state index is 12.8. The number of benzene rings is 1. The number of carbonyl (C=O) groups excluding carboxylic acids is 2. The van der Waals surface area contributed by atoms with Gasteiger partial charge in [0.2, 0.25) is 0 Å². The Hall–Kier alpha value is -2.69. The highest BCUT2D eigenvalue weighted by atomic mass is 32.2. The summed E-state index contributed by atoms with van der Waals surface area (Å²) in [5.74, 6) is -0.969. The Bertz CT molecular complexity index is 946. The second-order valence-electron chi connectivity index (χ2n) is 6.75. The van der Waals surface area contributed by atoms with Gasteiger partial charge in [-0.1, -0.05) is 12.1 Å². The molecule has 8 nitrogen and oxygen atoms in total. The molecule has 0 saturated carbocycles. The van der Waals surface area contributed by atoms with E-state index in [2.05, 4.69) is 10.1 Å². The maximum Gasteiger partial charge on any atom is 0.387 e. The number of hydrogen-bond acceptors (Lipinski definition) is 6. The minimum absolute atomic E-state index is 0.0304. The third-order valence-corrected chi connectivity index (χ3v) is 6.69. The van der Waals surface area contributed by atoms with Crippen molar-refractivity contribution in [2.75, 3.05) is 18.6 Å². The van der Waals surface area contributed by atoms with Gasteiger partial charge in [-0.05, 0) is 31.0 Å². The van der Waals surface area contributed by atoms with Crippen LogP contribution < -0.4 is 10.1 Å². The number of urea groups is 1. The first-order valence-electron chi connectivity index (χ1n) is 8.77. The predicted molar refractivity (Wildman–Crippen MR) is 98.0 cm³/mol. The molecular weight excluding hydrogens is 410 g/mol. The summed E-state index contributed by atoms with van der Waals surface area (Å²) in [5.41, 5.74) is 0.887. The van der Waals surface area contributed by atoms with Crippen LogP contribution in [0.25, 0.3) is 0 Å². The fraction of sp³-hybridized carbons (Fsp3) is 0.444. The lowest BCUT2D eigenvalue weighted by Crippen LogP contribution is -2.52. The minimum atomic E-state index is -3.25. The summed E-state index contributed by atoms with van der Waals surface area (Å²) in [5, 5.41) is 2.69. The monoisotopic (exact) mass is 430 g/mol. The van der Waals surface area contributed by atoms with Crippen LogP contribution in [0.1, 0.15) is 24.9 Å². The van der Waals surface area contributed by atoms with Crippen LogP contribution in [0, 0.1) is 0 Å². The van der Waals surface area contributed by atoms with Crippen molar-refractivity contribution in [3.8, 4) is 5.75 Å². The summed E-state index contributed by atoms with van der Waals surface area (Å²) in [4.78, 5) is 26.5.